The summed E-state index contributed by atoms with van der Waals surface area (Å²) in [5.41, 5.74) is 1.75. The molecule has 4 aromatic rings. The summed E-state index contributed by atoms with van der Waals surface area (Å²) in [7, 11) is 0. The Morgan fingerprint density at radius 3 is 2.35 bits per heavy atom. The van der Waals surface area contributed by atoms with E-state index in [1.807, 2.05) is 12.1 Å². The summed E-state index contributed by atoms with van der Waals surface area (Å²) in [6.45, 7) is 0. The third-order valence-corrected chi connectivity index (χ3v) is 3.84. The van der Waals surface area contributed by atoms with Crippen molar-refractivity contribution in [1.82, 2.24) is 15.2 Å². The van der Waals surface area contributed by atoms with Crippen LogP contribution in [0.2, 0.25) is 0 Å². The lowest BCUT2D eigenvalue weighted by Gasteiger charge is -2.08. The molecule has 23 heavy (non-hydrogen) atoms. The van der Waals surface area contributed by atoms with E-state index >= 15 is 0 Å². The fourth-order valence-corrected chi connectivity index (χ4v) is 2.72. The second kappa shape index (κ2) is 4.81. The molecule has 6 heteroatoms. The quantitative estimate of drug-likeness (QED) is 0.548. The van der Waals surface area contributed by atoms with Crippen LogP contribution in [0.25, 0.3) is 32.9 Å². The largest absolute Gasteiger partial charge is 0.416 e. The molecule has 0 amide bonds. The van der Waals surface area contributed by atoms with Crippen molar-refractivity contribution in [3.8, 4) is 11.3 Å². The molecule has 2 heterocycles. The van der Waals surface area contributed by atoms with E-state index in [4.69, 9.17) is 0 Å². The third-order valence-electron chi connectivity index (χ3n) is 3.84. The van der Waals surface area contributed by atoms with E-state index in [1.54, 1.807) is 24.5 Å². The van der Waals surface area contributed by atoms with Gasteiger partial charge in [0, 0.05) is 28.7 Å². The normalized spacial score (nSPS) is 12.1. The fraction of sp³-hybridized carbons (Fsp3) is 0.0588. The number of nitrogens with zero attached hydrogens (tertiary/aromatic N) is 2. The van der Waals surface area contributed by atoms with Crippen LogP contribution in [0.1, 0.15) is 5.56 Å². The highest BCUT2D eigenvalue weighted by atomic mass is 19.4. The summed E-state index contributed by atoms with van der Waals surface area (Å²) in [4.78, 5) is 3.98. The van der Waals surface area contributed by atoms with Gasteiger partial charge in [-0.1, -0.05) is 12.1 Å². The van der Waals surface area contributed by atoms with Crippen molar-refractivity contribution < 1.29 is 13.2 Å². The molecule has 0 bridgehead atoms. The van der Waals surface area contributed by atoms with Crippen LogP contribution < -0.4 is 0 Å². The zero-order valence-corrected chi connectivity index (χ0v) is 11.7. The van der Waals surface area contributed by atoms with Gasteiger partial charge in [0.1, 0.15) is 5.52 Å². The average Bonchev–Trinajstić information content (AvgIpc) is 2.98. The highest BCUT2D eigenvalue weighted by molar-refractivity contribution is 6.09. The topological polar surface area (TPSA) is 41.6 Å². The summed E-state index contributed by atoms with van der Waals surface area (Å²) in [5.74, 6) is 0. The molecular formula is C17H10F3N3. The Kier molecular flexibility index (Phi) is 2.87. The Hall–Kier alpha value is -2.89. The van der Waals surface area contributed by atoms with Crippen molar-refractivity contribution in [1.29, 1.82) is 0 Å². The van der Waals surface area contributed by atoms with Gasteiger partial charge in [-0.15, -0.1) is 0 Å². The van der Waals surface area contributed by atoms with E-state index in [-0.39, 0.29) is 0 Å². The summed E-state index contributed by atoms with van der Waals surface area (Å²) in [6, 6.07) is 10.9. The molecule has 0 aliphatic rings. The Morgan fingerprint density at radius 2 is 1.61 bits per heavy atom. The number of alkyl halides is 3. The van der Waals surface area contributed by atoms with E-state index in [0.717, 1.165) is 28.8 Å². The molecule has 4 rings (SSSR count). The minimum absolute atomic E-state index is 0.514. The number of hydrogen-bond acceptors (Lipinski definition) is 2. The predicted molar refractivity (Wildman–Crippen MR) is 81.8 cm³/mol. The molecule has 0 aliphatic carbocycles. The molecule has 0 radical (unpaired) electrons. The number of aromatic nitrogens is 3. The van der Waals surface area contributed by atoms with Crippen molar-refractivity contribution in [2.24, 2.45) is 0 Å². The first-order valence-corrected chi connectivity index (χ1v) is 6.92. The number of hydrogen-bond donors (Lipinski definition) is 1. The van der Waals surface area contributed by atoms with Crippen LogP contribution in [0.5, 0.6) is 0 Å². The maximum Gasteiger partial charge on any atom is 0.416 e. The van der Waals surface area contributed by atoms with E-state index in [0.29, 0.717) is 16.3 Å². The van der Waals surface area contributed by atoms with Crippen molar-refractivity contribution in [2.45, 2.75) is 6.18 Å². The molecule has 0 atom stereocenters. The van der Waals surface area contributed by atoms with Gasteiger partial charge in [-0.2, -0.15) is 18.3 Å². The molecule has 0 saturated heterocycles. The van der Waals surface area contributed by atoms with Crippen LogP contribution in [-0.2, 0) is 6.18 Å². The van der Waals surface area contributed by atoms with E-state index < -0.39 is 11.7 Å². The van der Waals surface area contributed by atoms with Gasteiger partial charge in [0.2, 0.25) is 0 Å². The first kappa shape index (κ1) is 13.8. The molecule has 114 valence electrons. The minimum atomic E-state index is -4.35. The smallest absolute Gasteiger partial charge is 0.277 e. The van der Waals surface area contributed by atoms with Crippen LogP contribution in [-0.4, -0.2) is 15.2 Å². The molecule has 0 fully saturated rings. The Bertz CT molecular complexity index is 1000. The second-order valence-electron chi connectivity index (χ2n) is 5.23. The van der Waals surface area contributed by atoms with Crippen molar-refractivity contribution >= 4 is 21.7 Å². The van der Waals surface area contributed by atoms with Crippen molar-refractivity contribution in [3.05, 3.63) is 60.4 Å². The first-order chi connectivity index (χ1) is 11.0. The molecule has 0 saturated carbocycles. The van der Waals surface area contributed by atoms with Crippen LogP contribution in [0, 0.1) is 0 Å². The number of pyridine rings is 1. The van der Waals surface area contributed by atoms with Gasteiger partial charge in [-0.3, -0.25) is 10.1 Å². The number of aromatic amines is 1. The summed E-state index contributed by atoms with van der Waals surface area (Å²) in [5, 5.41) is 9.32. The lowest BCUT2D eigenvalue weighted by molar-refractivity contribution is -0.137. The lowest BCUT2D eigenvalue weighted by Crippen LogP contribution is -2.04. The number of H-pyrrole nitrogens is 1. The fourth-order valence-electron chi connectivity index (χ4n) is 2.72. The molecule has 1 N–H and O–H groups in total. The SMILES string of the molecule is FC(F)(F)c1ccc2c(ccc3c(-c4ccncc4)[nH]nc32)c1. The number of rotatable bonds is 1. The molecule has 2 aromatic carbocycles. The van der Waals surface area contributed by atoms with E-state index in [1.165, 1.54) is 6.07 Å². The summed E-state index contributed by atoms with van der Waals surface area (Å²) in [6.07, 6.45) is -0.992. The first-order valence-electron chi connectivity index (χ1n) is 6.92. The van der Waals surface area contributed by atoms with Crippen LogP contribution >= 0.6 is 0 Å². The average molecular weight is 313 g/mol. The maximum atomic E-state index is 12.8. The number of benzene rings is 2. The van der Waals surface area contributed by atoms with Gasteiger partial charge < -0.3 is 0 Å². The van der Waals surface area contributed by atoms with Gasteiger partial charge in [0.15, 0.2) is 0 Å². The van der Waals surface area contributed by atoms with Gasteiger partial charge >= 0.3 is 6.18 Å². The maximum absolute atomic E-state index is 12.8. The molecule has 0 unspecified atom stereocenters. The number of halogens is 3. The van der Waals surface area contributed by atoms with Gasteiger partial charge in [-0.25, -0.2) is 0 Å². The zero-order chi connectivity index (χ0) is 16.0. The van der Waals surface area contributed by atoms with E-state index in [2.05, 4.69) is 15.2 Å². The molecule has 0 aliphatic heterocycles. The Morgan fingerprint density at radius 1 is 0.870 bits per heavy atom. The summed E-state index contributed by atoms with van der Waals surface area (Å²) >= 11 is 0. The summed E-state index contributed by atoms with van der Waals surface area (Å²) < 4.78 is 38.5. The predicted octanol–water partition coefficient (Wildman–Crippen LogP) is 4.80. The third kappa shape index (κ3) is 2.23. The van der Waals surface area contributed by atoms with Crippen molar-refractivity contribution in [2.75, 3.05) is 0 Å². The monoisotopic (exact) mass is 313 g/mol. The molecular weight excluding hydrogens is 303 g/mol. The number of fused-ring (bicyclic) bond motifs is 3. The Labute approximate surface area is 128 Å². The molecule has 3 nitrogen and oxygen atoms in total. The second-order valence-corrected chi connectivity index (χ2v) is 5.23. The van der Waals surface area contributed by atoms with Crippen LogP contribution in [0.4, 0.5) is 13.2 Å². The van der Waals surface area contributed by atoms with Crippen LogP contribution in [0.15, 0.2) is 54.9 Å². The van der Waals surface area contributed by atoms with Crippen LogP contribution in [0.3, 0.4) is 0 Å². The standard InChI is InChI=1S/C17H10F3N3/c18-17(19,20)12-2-4-13-11(9-12)1-3-14-15(22-23-16(13)14)10-5-7-21-8-6-10/h1-9H,(H,22,23). The molecule has 2 aromatic heterocycles. The van der Waals surface area contributed by atoms with Gasteiger partial charge in [0.05, 0.1) is 11.3 Å². The van der Waals surface area contributed by atoms with Crippen molar-refractivity contribution in [3.63, 3.8) is 0 Å². The highest BCUT2D eigenvalue weighted by Crippen LogP contribution is 2.35. The lowest BCUT2D eigenvalue weighted by atomic mass is 10.0. The Balaban J connectivity index is 1.95. The minimum Gasteiger partial charge on any atom is -0.277 e. The van der Waals surface area contributed by atoms with E-state index in [9.17, 15) is 13.2 Å². The number of nitrogens with one attached hydrogen (secondary N) is 1. The van der Waals surface area contributed by atoms with Gasteiger partial charge in [0.25, 0.3) is 0 Å². The zero-order valence-electron chi connectivity index (χ0n) is 11.7. The molecule has 0 spiro atoms. The highest BCUT2D eigenvalue weighted by Gasteiger charge is 2.30. The van der Waals surface area contributed by atoms with Gasteiger partial charge in [-0.05, 0) is 35.7 Å².